The van der Waals surface area contributed by atoms with Crippen LogP contribution in [0.4, 0.5) is 4.79 Å². The Bertz CT molecular complexity index is 2030. The first-order chi connectivity index (χ1) is 30.4. The van der Waals surface area contributed by atoms with Gasteiger partial charge in [0.1, 0.15) is 18.2 Å². The number of ether oxygens (including phenoxy) is 1. The van der Waals surface area contributed by atoms with E-state index in [0.29, 0.717) is 55.8 Å². The Morgan fingerprint density at radius 3 is 2.03 bits per heavy atom. The van der Waals surface area contributed by atoms with Gasteiger partial charge in [0.05, 0.1) is 21.3 Å². The first kappa shape index (κ1) is 61.5. The van der Waals surface area contributed by atoms with Crippen molar-refractivity contribution in [3.05, 3.63) is 46.9 Å². The number of hydrogen-bond acceptors (Lipinski definition) is 9. The maximum Gasteiger partial charge on any atom is 0.408 e. The number of hydrogen-bond donors (Lipinski definition) is 5. The average Bonchev–Trinajstić information content (AvgIpc) is 4.13. The average molecular weight is 930 g/mol. The molecular weight excluding hydrogens is 851 g/mol. The number of aromatic nitrogens is 2. The largest absolute Gasteiger partial charge is 0.444 e. The molecule has 5 rings (SSSR count). The highest BCUT2D eigenvalue weighted by Crippen LogP contribution is 2.48. The van der Waals surface area contributed by atoms with Gasteiger partial charge in [0, 0.05) is 25.0 Å². The van der Waals surface area contributed by atoms with Crippen molar-refractivity contribution >= 4 is 50.8 Å². The van der Waals surface area contributed by atoms with E-state index in [9.17, 15) is 37.2 Å². The van der Waals surface area contributed by atoms with E-state index in [1.54, 1.807) is 43.5 Å². The number of H-pyrrole nitrogens is 1. The minimum absolute atomic E-state index is 0.0349. The number of nitrogens with zero attached hydrogens (tertiary/aromatic N) is 2. The second-order valence-corrected chi connectivity index (χ2v) is 19.3. The summed E-state index contributed by atoms with van der Waals surface area (Å²) in [6.07, 6.45) is 23.0. The number of rotatable bonds is 13. The van der Waals surface area contributed by atoms with E-state index >= 15 is 0 Å². The number of amides is 5. The third-order valence-electron chi connectivity index (χ3n) is 9.71. The Hall–Kier alpha value is -5.55. The maximum atomic E-state index is 12.1. The Labute approximate surface area is 389 Å². The number of nitrogens with two attached hydrogens (primary N) is 1. The summed E-state index contributed by atoms with van der Waals surface area (Å²) in [4.78, 5) is 74.3. The van der Waals surface area contributed by atoms with E-state index in [1.807, 2.05) is 47.6 Å². The van der Waals surface area contributed by atoms with Gasteiger partial charge in [0.25, 0.3) is 5.91 Å². The van der Waals surface area contributed by atoms with Gasteiger partial charge < -0.3 is 31.0 Å². The van der Waals surface area contributed by atoms with Gasteiger partial charge in [0.15, 0.2) is 0 Å². The molecule has 3 fully saturated rings. The summed E-state index contributed by atoms with van der Waals surface area (Å²) >= 11 is 0. The summed E-state index contributed by atoms with van der Waals surface area (Å²) in [5.41, 5.74) is 6.19. The summed E-state index contributed by atoms with van der Waals surface area (Å²) in [5.74, 6) is -0.170. The monoisotopic (exact) mass is 930 g/mol. The smallest absolute Gasteiger partial charge is 0.408 e. The summed E-state index contributed by atoms with van der Waals surface area (Å²) in [6, 6.07) is 4.77. The number of imidazole rings is 1. The normalized spacial score (nSPS) is 17.3. The van der Waals surface area contributed by atoms with Crippen molar-refractivity contribution in [2.45, 2.75) is 157 Å². The number of fused-ring (bicyclic) bond motifs is 1. The topological polar surface area (TPSA) is 232 Å². The van der Waals surface area contributed by atoms with Gasteiger partial charge in [-0.1, -0.05) is 73.5 Å². The summed E-state index contributed by atoms with van der Waals surface area (Å²) in [5, 5.41) is 5.08. The van der Waals surface area contributed by atoms with Crippen LogP contribution in [0.3, 0.4) is 0 Å². The van der Waals surface area contributed by atoms with Crippen molar-refractivity contribution in [1.82, 2.24) is 29.8 Å². The molecule has 3 atom stereocenters. The molecule has 5 amide bonds. The Morgan fingerprint density at radius 2 is 1.58 bits per heavy atom. The number of primary amides is 1. The minimum Gasteiger partial charge on any atom is -0.444 e. The SMILES string of the molecule is C#C.C#C.C=CCNC(=O)c1cccc2c1[nH]c(=O)n2C(C)C.CC.CC(C)(C)OC(=O)NCC(=O)N1CCC[C@H]1C(N)=O.CC(C)C.CCCC1(S(=O)(=O)NC(=O)[C@H]2C[C@H]2CC)CC1. The van der Waals surface area contributed by atoms with Crippen LogP contribution in [0.25, 0.3) is 11.0 Å². The fourth-order valence-electron chi connectivity index (χ4n) is 6.62. The first-order valence-corrected chi connectivity index (χ1v) is 23.8. The number of nitrogens with one attached hydrogen (secondary N) is 4. The minimum atomic E-state index is -3.45. The van der Waals surface area contributed by atoms with Crippen LogP contribution in [0.1, 0.15) is 151 Å². The predicted molar refractivity (Wildman–Crippen MR) is 261 cm³/mol. The standard InChI is InChI=1S/C14H17N3O2.C12H21N3O4.C12H21NO3S.C4H10.C2H6.2C2H2/c1-4-8-15-13(18)10-6-5-7-11-12(10)16-14(19)17(11)9(2)3;1-12(2,3)19-11(18)14-7-9(16)15-6-4-5-8(15)10(13)17;1-3-5-12(6-7-12)17(15,16)13-11(14)10-8-9(10)4-2;1-4(2)3;3*1-2/h4-7,9H,1,8H2,2-3H3,(H,15,18)(H,16,19);8H,4-7H2,1-3H3,(H2,13,17)(H,14,18);9-10H,3-8H2,1-2H3,(H,13,14);4H,1-3H3;1-2H3;2*1-2H/t;8-;9-,10+;;;;/m.01..../s1. The van der Waals surface area contributed by atoms with Crippen LogP contribution in [0.15, 0.2) is 35.6 Å². The molecule has 17 heteroatoms. The van der Waals surface area contributed by atoms with Crippen LogP contribution in [0.5, 0.6) is 0 Å². The molecule has 1 aromatic carbocycles. The number of likely N-dealkylation sites (tertiary alicyclic amines) is 1. The lowest BCUT2D eigenvalue weighted by Crippen LogP contribution is -2.48. The third kappa shape index (κ3) is 20.4. The second-order valence-electron chi connectivity index (χ2n) is 17.2. The number of benzene rings is 1. The Balaban J connectivity index is 0. The van der Waals surface area contributed by atoms with Crippen LogP contribution in [0, 0.1) is 43.4 Å². The fourth-order valence-corrected chi connectivity index (χ4v) is 8.36. The molecule has 16 nitrogen and oxygen atoms in total. The van der Waals surface area contributed by atoms with Crippen molar-refractivity contribution in [3.63, 3.8) is 0 Å². The van der Waals surface area contributed by atoms with Crippen molar-refractivity contribution in [2.24, 2.45) is 23.5 Å². The lowest BCUT2D eigenvalue weighted by Gasteiger charge is -2.23. The predicted octanol–water partition coefficient (Wildman–Crippen LogP) is 6.81. The molecule has 1 aliphatic heterocycles. The van der Waals surface area contributed by atoms with Gasteiger partial charge in [0.2, 0.25) is 27.7 Å². The molecule has 65 heavy (non-hydrogen) atoms. The van der Waals surface area contributed by atoms with Gasteiger partial charge in [-0.05, 0) is 97.1 Å². The molecule has 0 bridgehead atoms. The molecule has 0 radical (unpaired) electrons. The molecule has 2 aliphatic carbocycles. The van der Waals surface area contributed by atoms with E-state index in [0.717, 1.165) is 37.1 Å². The maximum absolute atomic E-state index is 12.1. The lowest BCUT2D eigenvalue weighted by atomic mass is 10.1. The summed E-state index contributed by atoms with van der Waals surface area (Å²) in [7, 11) is -3.45. The van der Waals surface area contributed by atoms with E-state index < -0.39 is 38.4 Å². The molecule has 1 saturated heterocycles. The number of para-hydroxylation sites is 1. The zero-order chi connectivity index (χ0) is 50.9. The van der Waals surface area contributed by atoms with Crippen LogP contribution in [-0.2, 0) is 29.1 Å². The molecule has 0 unspecified atom stereocenters. The number of terminal acetylenes is 2. The highest BCUT2D eigenvalue weighted by Gasteiger charge is 2.55. The molecule has 2 aromatic rings. The highest BCUT2D eigenvalue weighted by molar-refractivity contribution is 7.91. The fraction of sp³-hybridized carbons (Fsp3) is 0.625. The second kappa shape index (κ2) is 29.8. The number of alkyl carbamates (subject to hydrolysis) is 1. The highest BCUT2D eigenvalue weighted by atomic mass is 32.2. The van der Waals surface area contributed by atoms with Crippen molar-refractivity contribution in [1.29, 1.82) is 0 Å². The number of sulfonamides is 1. The first-order valence-electron chi connectivity index (χ1n) is 22.4. The summed E-state index contributed by atoms with van der Waals surface area (Å²) < 4.78 is 32.5. The van der Waals surface area contributed by atoms with E-state index in [-0.39, 0.29) is 41.9 Å². The van der Waals surface area contributed by atoms with Crippen LogP contribution < -0.4 is 26.8 Å². The number of aromatic amines is 1. The van der Waals surface area contributed by atoms with E-state index in [4.69, 9.17) is 10.5 Å². The zero-order valence-corrected chi connectivity index (χ0v) is 41.9. The van der Waals surface area contributed by atoms with Crippen LogP contribution in [-0.4, -0.2) is 88.6 Å². The summed E-state index contributed by atoms with van der Waals surface area (Å²) in [6.45, 7) is 27.8. The number of carbonyl (C=O) groups excluding carboxylic acids is 5. The van der Waals surface area contributed by atoms with Crippen molar-refractivity contribution in [3.8, 4) is 25.7 Å². The third-order valence-corrected chi connectivity index (χ3v) is 11.9. The zero-order valence-electron chi connectivity index (χ0n) is 41.0. The molecule has 2 saturated carbocycles. The molecule has 366 valence electrons. The van der Waals surface area contributed by atoms with Gasteiger partial charge in [-0.3, -0.25) is 28.5 Å². The lowest BCUT2D eigenvalue weighted by molar-refractivity contribution is -0.136. The molecule has 0 spiro atoms. The number of carbonyl (C=O) groups is 5. The van der Waals surface area contributed by atoms with Crippen molar-refractivity contribution in [2.75, 3.05) is 19.6 Å². The van der Waals surface area contributed by atoms with Gasteiger partial charge in [-0.2, -0.15) is 0 Å². The molecular formula is C48H79N7O9S. The van der Waals surface area contributed by atoms with E-state index in [2.05, 4.69) is 73.4 Å². The van der Waals surface area contributed by atoms with Crippen LogP contribution in [0.2, 0.25) is 0 Å². The molecule has 3 aliphatic rings. The Morgan fingerprint density at radius 1 is 1.02 bits per heavy atom. The van der Waals surface area contributed by atoms with E-state index in [1.165, 1.54) is 4.90 Å². The molecule has 1 aromatic heterocycles. The van der Waals surface area contributed by atoms with Gasteiger partial charge >= 0.3 is 11.8 Å². The Kier molecular flexibility index (Phi) is 28.2. The van der Waals surface area contributed by atoms with Crippen molar-refractivity contribution < 1.29 is 37.1 Å². The molecule has 2 heterocycles. The molecule has 6 N–H and O–H groups in total. The van der Waals surface area contributed by atoms with Gasteiger partial charge in [-0.25, -0.2) is 18.0 Å². The quantitative estimate of drug-likeness (QED) is 0.105. The van der Waals surface area contributed by atoms with Gasteiger partial charge in [-0.15, -0.1) is 32.3 Å². The van der Waals surface area contributed by atoms with Crippen LogP contribution >= 0.6 is 0 Å².